The van der Waals surface area contributed by atoms with Crippen LogP contribution < -0.4 is 20.7 Å². The standard InChI is InChI=1S/C24H31ClN4O4/c1-15-12-26-16(2)14-33-21-11-19(28-24(31)27-18-7-5-6-17(25)10-18)8-9-20(21)23(30)29(3)13-22(15)32-4/h5-11,15-16,22,26H,12-14H2,1-4H3,(H2,27,28,31)/t15-,16+,22+/m1/s1. The number of ether oxygens (including phenoxy) is 2. The molecule has 0 spiro atoms. The van der Waals surface area contributed by atoms with Crippen molar-refractivity contribution in [1.29, 1.82) is 0 Å². The summed E-state index contributed by atoms with van der Waals surface area (Å²) in [5, 5.41) is 9.48. The van der Waals surface area contributed by atoms with Gasteiger partial charge in [0.2, 0.25) is 0 Å². The van der Waals surface area contributed by atoms with Crippen LogP contribution in [-0.2, 0) is 4.74 Å². The van der Waals surface area contributed by atoms with Gasteiger partial charge in [-0.05, 0) is 43.2 Å². The summed E-state index contributed by atoms with van der Waals surface area (Å²) in [5.41, 5.74) is 1.49. The average Bonchev–Trinajstić information content (AvgIpc) is 2.78. The molecule has 0 fully saturated rings. The molecule has 33 heavy (non-hydrogen) atoms. The maximum absolute atomic E-state index is 13.2. The third-order valence-corrected chi connectivity index (χ3v) is 5.80. The number of methoxy groups -OCH3 is 1. The lowest BCUT2D eigenvalue weighted by atomic mass is 10.0. The number of hydrogen-bond acceptors (Lipinski definition) is 5. The molecule has 3 atom stereocenters. The number of hydrogen-bond donors (Lipinski definition) is 3. The zero-order valence-electron chi connectivity index (χ0n) is 19.4. The van der Waals surface area contributed by atoms with E-state index in [1.165, 1.54) is 0 Å². The Bertz CT molecular complexity index is 987. The summed E-state index contributed by atoms with van der Waals surface area (Å²) >= 11 is 5.97. The summed E-state index contributed by atoms with van der Waals surface area (Å²) in [4.78, 5) is 27.2. The Kier molecular flexibility index (Phi) is 8.55. The van der Waals surface area contributed by atoms with E-state index in [1.54, 1.807) is 61.5 Å². The molecule has 1 aliphatic heterocycles. The molecule has 0 unspecified atom stereocenters. The predicted molar refractivity (Wildman–Crippen MR) is 130 cm³/mol. The van der Waals surface area contributed by atoms with Gasteiger partial charge in [-0.15, -0.1) is 0 Å². The first-order valence-electron chi connectivity index (χ1n) is 10.9. The summed E-state index contributed by atoms with van der Waals surface area (Å²) in [6, 6.07) is 11.5. The van der Waals surface area contributed by atoms with Crippen LogP contribution in [0.2, 0.25) is 5.02 Å². The van der Waals surface area contributed by atoms with Crippen LogP contribution in [0.25, 0.3) is 0 Å². The second-order valence-corrected chi connectivity index (χ2v) is 8.79. The molecule has 2 aromatic rings. The minimum atomic E-state index is -0.430. The van der Waals surface area contributed by atoms with Crippen LogP contribution in [0.3, 0.4) is 0 Å². The van der Waals surface area contributed by atoms with E-state index in [0.717, 1.165) is 6.54 Å². The zero-order valence-corrected chi connectivity index (χ0v) is 20.1. The van der Waals surface area contributed by atoms with Gasteiger partial charge in [-0.25, -0.2) is 4.79 Å². The molecule has 2 aromatic carbocycles. The second kappa shape index (κ2) is 11.4. The Morgan fingerprint density at radius 1 is 1.18 bits per heavy atom. The first-order valence-corrected chi connectivity index (χ1v) is 11.3. The second-order valence-electron chi connectivity index (χ2n) is 8.36. The van der Waals surface area contributed by atoms with Crippen molar-refractivity contribution < 1.29 is 19.1 Å². The van der Waals surface area contributed by atoms with E-state index in [9.17, 15) is 9.59 Å². The summed E-state index contributed by atoms with van der Waals surface area (Å²) in [6.45, 7) is 5.68. The van der Waals surface area contributed by atoms with E-state index in [1.807, 2.05) is 6.92 Å². The van der Waals surface area contributed by atoms with Crippen LogP contribution in [0.4, 0.5) is 16.2 Å². The fourth-order valence-corrected chi connectivity index (χ4v) is 3.78. The number of likely N-dealkylation sites (N-methyl/N-ethyl adjacent to an activating group) is 1. The summed E-state index contributed by atoms with van der Waals surface area (Å²) < 4.78 is 11.6. The van der Waals surface area contributed by atoms with E-state index >= 15 is 0 Å². The Morgan fingerprint density at radius 2 is 1.91 bits per heavy atom. The first kappa shape index (κ1) is 24.8. The highest BCUT2D eigenvalue weighted by molar-refractivity contribution is 6.30. The van der Waals surface area contributed by atoms with E-state index in [-0.39, 0.29) is 24.0 Å². The highest BCUT2D eigenvalue weighted by Crippen LogP contribution is 2.26. The largest absolute Gasteiger partial charge is 0.491 e. The van der Waals surface area contributed by atoms with Crippen molar-refractivity contribution in [1.82, 2.24) is 10.2 Å². The monoisotopic (exact) mass is 474 g/mol. The molecule has 0 saturated heterocycles. The molecule has 1 heterocycles. The van der Waals surface area contributed by atoms with Gasteiger partial charge in [-0.3, -0.25) is 4.79 Å². The first-order chi connectivity index (χ1) is 15.8. The summed E-state index contributed by atoms with van der Waals surface area (Å²) in [5.74, 6) is 0.454. The van der Waals surface area contributed by atoms with E-state index in [0.29, 0.717) is 40.9 Å². The molecule has 0 aliphatic carbocycles. The normalized spacial score (nSPS) is 21.8. The number of nitrogens with one attached hydrogen (secondary N) is 3. The van der Waals surface area contributed by atoms with E-state index in [4.69, 9.17) is 21.1 Å². The molecule has 0 saturated carbocycles. The Balaban J connectivity index is 1.80. The SMILES string of the molecule is CO[C@H]1CN(C)C(=O)c2ccc(NC(=O)Nc3cccc(Cl)c3)cc2OC[C@H](C)NC[C@H]1C. The molecular formula is C24H31ClN4O4. The minimum Gasteiger partial charge on any atom is -0.491 e. The number of anilines is 2. The molecule has 3 N–H and O–H groups in total. The number of halogens is 1. The van der Waals surface area contributed by atoms with Crippen molar-refractivity contribution in [3.05, 3.63) is 53.1 Å². The molecular weight excluding hydrogens is 444 g/mol. The van der Waals surface area contributed by atoms with Gasteiger partial charge in [0, 0.05) is 55.8 Å². The van der Waals surface area contributed by atoms with Gasteiger partial charge in [0.1, 0.15) is 12.4 Å². The molecule has 3 amide bonds. The molecule has 0 bridgehead atoms. The van der Waals surface area contributed by atoms with E-state index < -0.39 is 6.03 Å². The van der Waals surface area contributed by atoms with Gasteiger partial charge in [0.25, 0.3) is 5.91 Å². The lowest BCUT2D eigenvalue weighted by Gasteiger charge is -2.30. The highest BCUT2D eigenvalue weighted by Gasteiger charge is 2.25. The van der Waals surface area contributed by atoms with Crippen molar-refractivity contribution >= 4 is 34.9 Å². The predicted octanol–water partition coefficient (Wildman–Crippen LogP) is 4.08. The maximum Gasteiger partial charge on any atom is 0.323 e. The Labute approximate surface area is 199 Å². The lowest BCUT2D eigenvalue weighted by Crippen LogP contribution is -2.44. The number of carbonyl (C=O) groups is 2. The maximum atomic E-state index is 13.2. The third-order valence-electron chi connectivity index (χ3n) is 5.57. The Morgan fingerprint density at radius 3 is 2.61 bits per heavy atom. The molecule has 0 aromatic heterocycles. The van der Waals surface area contributed by atoms with Crippen molar-refractivity contribution in [2.75, 3.05) is 44.5 Å². The van der Waals surface area contributed by atoms with Crippen molar-refractivity contribution in [3.63, 3.8) is 0 Å². The van der Waals surface area contributed by atoms with Crippen molar-refractivity contribution in [2.24, 2.45) is 5.92 Å². The van der Waals surface area contributed by atoms with Gasteiger partial charge in [0.05, 0.1) is 11.7 Å². The number of amides is 3. The van der Waals surface area contributed by atoms with Crippen LogP contribution in [0.5, 0.6) is 5.75 Å². The zero-order chi connectivity index (χ0) is 24.0. The van der Waals surface area contributed by atoms with Gasteiger partial charge < -0.3 is 30.3 Å². The summed E-state index contributed by atoms with van der Waals surface area (Å²) in [7, 11) is 3.41. The van der Waals surface area contributed by atoms with Crippen LogP contribution >= 0.6 is 11.6 Å². The molecule has 1 aliphatic rings. The average molecular weight is 475 g/mol. The van der Waals surface area contributed by atoms with E-state index in [2.05, 4.69) is 22.9 Å². The van der Waals surface area contributed by atoms with Gasteiger partial charge in [0.15, 0.2) is 0 Å². The lowest BCUT2D eigenvalue weighted by molar-refractivity contribution is 0.0281. The van der Waals surface area contributed by atoms with Crippen LogP contribution in [0.1, 0.15) is 24.2 Å². The number of urea groups is 1. The van der Waals surface area contributed by atoms with Gasteiger partial charge in [-0.2, -0.15) is 0 Å². The number of fused-ring (bicyclic) bond motifs is 1. The van der Waals surface area contributed by atoms with Crippen LogP contribution in [0, 0.1) is 5.92 Å². The van der Waals surface area contributed by atoms with Crippen LogP contribution in [-0.4, -0.2) is 62.8 Å². The molecule has 178 valence electrons. The molecule has 8 nitrogen and oxygen atoms in total. The fraction of sp³-hybridized carbons (Fsp3) is 0.417. The quantitative estimate of drug-likeness (QED) is 0.623. The number of carbonyl (C=O) groups excluding carboxylic acids is 2. The summed E-state index contributed by atoms with van der Waals surface area (Å²) in [6.07, 6.45) is -0.0985. The molecule has 3 rings (SSSR count). The third kappa shape index (κ3) is 6.83. The van der Waals surface area contributed by atoms with Crippen molar-refractivity contribution in [2.45, 2.75) is 26.0 Å². The van der Waals surface area contributed by atoms with Crippen LogP contribution in [0.15, 0.2) is 42.5 Å². The van der Waals surface area contributed by atoms with Gasteiger partial charge in [-0.1, -0.05) is 24.6 Å². The molecule has 9 heteroatoms. The number of rotatable bonds is 3. The topological polar surface area (TPSA) is 91.9 Å². The minimum absolute atomic E-state index is 0.0628. The number of benzene rings is 2. The van der Waals surface area contributed by atoms with Gasteiger partial charge >= 0.3 is 6.03 Å². The Hall–Kier alpha value is -2.81. The fourth-order valence-electron chi connectivity index (χ4n) is 3.59. The van der Waals surface area contributed by atoms with Crippen molar-refractivity contribution in [3.8, 4) is 5.75 Å². The molecule has 0 radical (unpaired) electrons. The number of nitrogens with zero attached hydrogens (tertiary/aromatic N) is 1. The highest BCUT2D eigenvalue weighted by atomic mass is 35.5. The smallest absolute Gasteiger partial charge is 0.323 e.